The smallest absolute Gasteiger partial charge is 0.264 e. The maximum absolute atomic E-state index is 12.6. The highest BCUT2D eigenvalue weighted by Gasteiger charge is 2.33. The molecule has 0 aromatic carbocycles. The van der Waals surface area contributed by atoms with E-state index >= 15 is 0 Å². The van der Waals surface area contributed by atoms with Gasteiger partial charge < -0.3 is 15.5 Å². The number of amides is 2. The van der Waals surface area contributed by atoms with Crippen LogP contribution in [0, 0.1) is 0 Å². The summed E-state index contributed by atoms with van der Waals surface area (Å²) in [6.07, 6.45) is 5.47. The molecule has 1 atom stereocenters. The van der Waals surface area contributed by atoms with Gasteiger partial charge in [0.1, 0.15) is 0 Å². The van der Waals surface area contributed by atoms with Gasteiger partial charge in [-0.25, -0.2) is 0 Å². The number of likely N-dealkylation sites (tertiary alicyclic amines) is 1. The predicted molar refractivity (Wildman–Crippen MR) is 96.9 cm³/mol. The molecule has 4 rings (SSSR count). The molecule has 2 fully saturated rings. The van der Waals surface area contributed by atoms with E-state index in [1.54, 1.807) is 18.5 Å². The number of rotatable bonds is 4. The molecule has 2 saturated heterocycles. The summed E-state index contributed by atoms with van der Waals surface area (Å²) in [5.74, 6) is 0.411. The van der Waals surface area contributed by atoms with E-state index in [0.29, 0.717) is 10.8 Å². The molecular weight excluding hydrogens is 336 g/mol. The van der Waals surface area contributed by atoms with Crippen molar-refractivity contribution in [1.82, 2.24) is 15.2 Å². The van der Waals surface area contributed by atoms with E-state index in [0.717, 1.165) is 37.5 Å². The molecule has 0 saturated carbocycles. The number of anilines is 1. The largest absolute Gasteiger partial charge is 0.337 e. The van der Waals surface area contributed by atoms with Crippen LogP contribution < -0.4 is 10.6 Å². The molecule has 130 valence electrons. The maximum atomic E-state index is 12.6. The average molecular weight is 356 g/mol. The maximum Gasteiger partial charge on any atom is 0.264 e. The number of hydrogen-bond donors (Lipinski definition) is 2. The van der Waals surface area contributed by atoms with Crippen LogP contribution in [0.2, 0.25) is 0 Å². The van der Waals surface area contributed by atoms with Crippen LogP contribution in [-0.2, 0) is 4.79 Å². The lowest BCUT2D eigenvalue weighted by molar-refractivity contribution is -0.117. The van der Waals surface area contributed by atoms with Crippen molar-refractivity contribution in [3.05, 3.63) is 47.1 Å². The van der Waals surface area contributed by atoms with E-state index in [4.69, 9.17) is 0 Å². The molecule has 2 aliphatic heterocycles. The summed E-state index contributed by atoms with van der Waals surface area (Å²) in [5.41, 5.74) is 1.22. The summed E-state index contributed by atoms with van der Waals surface area (Å²) >= 11 is 1.34. The first-order valence-electron chi connectivity index (χ1n) is 8.54. The van der Waals surface area contributed by atoms with Gasteiger partial charge in [-0.3, -0.25) is 14.6 Å². The van der Waals surface area contributed by atoms with Crippen molar-refractivity contribution in [3.63, 3.8) is 0 Å². The monoisotopic (exact) mass is 356 g/mol. The molecule has 0 bridgehead atoms. The van der Waals surface area contributed by atoms with Crippen LogP contribution in [0.4, 0.5) is 5.00 Å². The number of nitrogens with zero attached hydrogens (tertiary/aromatic N) is 2. The minimum atomic E-state index is -0.113. The van der Waals surface area contributed by atoms with E-state index < -0.39 is 0 Å². The first-order chi connectivity index (χ1) is 12.2. The van der Waals surface area contributed by atoms with Gasteiger partial charge >= 0.3 is 0 Å². The van der Waals surface area contributed by atoms with E-state index in [1.165, 1.54) is 16.9 Å². The Balaban J connectivity index is 1.33. The van der Waals surface area contributed by atoms with Crippen LogP contribution in [0.5, 0.6) is 0 Å². The Kier molecular flexibility index (Phi) is 4.50. The minimum absolute atomic E-state index is 0.0138. The summed E-state index contributed by atoms with van der Waals surface area (Å²) in [6.45, 7) is 2.35. The van der Waals surface area contributed by atoms with Crippen molar-refractivity contribution in [2.75, 3.05) is 25.0 Å². The second-order valence-corrected chi connectivity index (χ2v) is 7.57. The second-order valence-electron chi connectivity index (χ2n) is 6.49. The van der Waals surface area contributed by atoms with Crippen molar-refractivity contribution >= 4 is 28.2 Å². The first-order valence-corrected chi connectivity index (χ1v) is 9.35. The highest BCUT2D eigenvalue weighted by Crippen LogP contribution is 2.30. The highest BCUT2D eigenvalue weighted by atomic mass is 32.1. The third kappa shape index (κ3) is 3.43. The van der Waals surface area contributed by atoms with Crippen LogP contribution in [-0.4, -0.2) is 47.4 Å². The van der Waals surface area contributed by atoms with Gasteiger partial charge in [0.05, 0.1) is 15.9 Å². The molecule has 4 heterocycles. The van der Waals surface area contributed by atoms with Gasteiger partial charge in [0.2, 0.25) is 5.91 Å². The Bertz CT molecular complexity index is 764. The summed E-state index contributed by atoms with van der Waals surface area (Å²) in [6, 6.07) is 7.50. The minimum Gasteiger partial charge on any atom is -0.337 e. The topological polar surface area (TPSA) is 74.3 Å². The summed E-state index contributed by atoms with van der Waals surface area (Å²) in [4.78, 5) is 31.2. The van der Waals surface area contributed by atoms with Gasteiger partial charge in [0.15, 0.2) is 0 Å². The fraction of sp³-hybridized carbons (Fsp3) is 0.389. The molecule has 1 unspecified atom stereocenters. The summed E-state index contributed by atoms with van der Waals surface area (Å²) in [7, 11) is 0. The quantitative estimate of drug-likeness (QED) is 0.880. The third-order valence-electron chi connectivity index (χ3n) is 4.79. The van der Waals surface area contributed by atoms with Gasteiger partial charge in [-0.15, -0.1) is 11.3 Å². The Morgan fingerprint density at radius 2 is 2.00 bits per heavy atom. The van der Waals surface area contributed by atoms with Crippen molar-refractivity contribution < 1.29 is 9.59 Å². The molecule has 0 radical (unpaired) electrons. The fourth-order valence-electron chi connectivity index (χ4n) is 3.28. The molecule has 2 N–H and O–H groups in total. The standard InChI is InChI=1S/C18H20N4O2S/c23-17(14-2-1-7-20-14)21-16-4-3-15(25-16)18(24)22-10-13(11-22)12-5-8-19-9-6-12/h3-6,8-9,13-14,20H,1-2,7,10-11H2,(H,21,23). The first kappa shape index (κ1) is 16.2. The van der Waals surface area contributed by atoms with Gasteiger partial charge in [0, 0.05) is 31.4 Å². The van der Waals surface area contributed by atoms with E-state index in [-0.39, 0.29) is 17.9 Å². The van der Waals surface area contributed by atoms with E-state index in [1.807, 2.05) is 23.1 Å². The van der Waals surface area contributed by atoms with Gasteiger partial charge in [-0.2, -0.15) is 0 Å². The lowest BCUT2D eigenvalue weighted by Gasteiger charge is -2.39. The average Bonchev–Trinajstić information content (AvgIpc) is 3.26. The number of carbonyl (C=O) groups is 2. The number of nitrogens with one attached hydrogen (secondary N) is 2. The van der Waals surface area contributed by atoms with Crippen molar-refractivity contribution in [1.29, 1.82) is 0 Å². The molecule has 2 aliphatic rings. The van der Waals surface area contributed by atoms with Crippen molar-refractivity contribution in [2.24, 2.45) is 0 Å². The molecular formula is C18H20N4O2S. The van der Waals surface area contributed by atoms with Crippen LogP contribution in [0.3, 0.4) is 0 Å². The number of pyridine rings is 1. The molecule has 2 amide bonds. The third-order valence-corrected chi connectivity index (χ3v) is 5.77. The molecule has 0 aliphatic carbocycles. The zero-order chi connectivity index (χ0) is 17.2. The predicted octanol–water partition coefficient (Wildman–Crippen LogP) is 2.07. The molecule has 6 nitrogen and oxygen atoms in total. The Morgan fingerprint density at radius 1 is 1.20 bits per heavy atom. The lowest BCUT2D eigenvalue weighted by Crippen LogP contribution is -2.48. The normalized spacial score (nSPS) is 20.3. The Morgan fingerprint density at radius 3 is 2.72 bits per heavy atom. The fourth-order valence-corrected chi connectivity index (χ4v) is 4.16. The SMILES string of the molecule is O=C(Nc1ccc(C(=O)N2CC(c3ccncc3)C2)s1)C1CCCN1. The molecule has 25 heavy (non-hydrogen) atoms. The number of thiophene rings is 1. The van der Waals surface area contributed by atoms with Crippen LogP contribution in [0.25, 0.3) is 0 Å². The summed E-state index contributed by atoms with van der Waals surface area (Å²) < 4.78 is 0. The number of hydrogen-bond acceptors (Lipinski definition) is 5. The molecule has 2 aromatic rings. The molecule has 2 aromatic heterocycles. The second kappa shape index (κ2) is 6.93. The Hall–Kier alpha value is -2.25. The lowest BCUT2D eigenvalue weighted by atomic mass is 9.92. The van der Waals surface area contributed by atoms with Crippen LogP contribution in [0.15, 0.2) is 36.7 Å². The summed E-state index contributed by atoms with van der Waals surface area (Å²) in [5, 5.41) is 6.81. The highest BCUT2D eigenvalue weighted by molar-refractivity contribution is 7.18. The van der Waals surface area contributed by atoms with Gasteiger partial charge in [-0.1, -0.05) is 0 Å². The molecule has 7 heteroatoms. The Labute approximate surface area is 150 Å². The van der Waals surface area contributed by atoms with Crippen LogP contribution >= 0.6 is 11.3 Å². The zero-order valence-electron chi connectivity index (χ0n) is 13.8. The number of carbonyl (C=O) groups excluding carboxylic acids is 2. The zero-order valence-corrected chi connectivity index (χ0v) is 14.6. The van der Waals surface area contributed by atoms with Crippen molar-refractivity contribution in [3.8, 4) is 0 Å². The van der Waals surface area contributed by atoms with Gasteiger partial charge in [0.25, 0.3) is 5.91 Å². The molecule has 0 spiro atoms. The number of aromatic nitrogens is 1. The van der Waals surface area contributed by atoms with E-state index in [2.05, 4.69) is 15.6 Å². The van der Waals surface area contributed by atoms with Crippen molar-refractivity contribution in [2.45, 2.75) is 24.8 Å². The van der Waals surface area contributed by atoms with Gasteiger partial charge in [-0.05, 0) is 49.2 Å². The van der Waals surface area contributed by atoms with E-state index in [9.17, 15) is 9.59 Å². The van der Waals surface area contributed by atoms with Crippen LogP contribution in [0.1, 0.15) is 34.0 Å².